The third kappa shape index (κ3) is 4.25. The molecule has 18 heavy (non-hydrogen) atoms. The highest BCUT2D eigenvalue weighted by molar-refractivity contribution is 5.71. The Morgan fingerprint density at radius 2 is 2.17 bits per heavy atom. The van der Waals surface area contributed by atoms with Gasteiger partial charge in [-0.1, -0.05) is 17.7 Å². The van der Waals surface area contributed by atoms with Crippen molar-refractivity contribution in [1.29, 1.82) is 0 Å². The first-order chi connectivity index (χ1) is 8.54. The number of primary amides is 1. The summed E-state index contributed by atoms with van der Waals surface area (Å²) in [6.45, 7) is 5.26. The van der Waals surface area contributed by atoms with Crippen molar-refractivity contribution in [3.05, 3.63) is 29.3 Å². The van der Waals surface area contributed by atoms with E-state index in [2.05, 4.69) is 23.6 Å². The molecule has 5 heteroatoms. The van der Waals surface area contributed by atoms with Crippen molar-refractivity contribution in [2.45, 2.75) is 19.9 Å². The number of nitrogens with two attached hydrogens (primary N) is 1. The fraction of sp³-hybridized carbons (Fsp3) is 0.462. The van der Waals surface area contributed by atoms with Crippen LogP contribution in [0.15, 0.2) is 18.2 Å². The largest absolute Gasteiger partial charge is 0.496 e. The minimum absolute atomic E-state index is 0.148. The minimum Gasteiger partial charge on any atom is -0.496 e. The first kappa shape index (κ1) is 14.3. The molecule has 0 spiro atoms. The number of ether oxygens (including phenoxy) is 1. The van der Waals surface area contributed by atoms with Crippen molar-refractivity contribution in [1.82, 2.24) is 10.6 Å². The third-order valence-corrected chi connectivity index (χ3v) is 2.73. The molecule has 2 amide bonds. The Bertz CT molecular complexity index is 407. The van der Waals surface area contributed by atoms with E-state index in [1.807, 2.05) is 19.1 Å². The van der Waals surface area contributed by atoms with E-state index in [9.17, 15) is 4.79 Å². The molecule has 1 rings (SSSR count). The zero-order valence-electron chi connectivity index (χ0n) is 11.1. The summed E-state index contributed by atoms with van der Waals surface area (Å²) in [6.07, 6.45) is 0. The van der Waals surface area contributed by atoms with Crippen LogP contribution in [0.4, 0.5) is 4.79 Å². The Labute approximate surface area is 108 Å². The minimum atomic E-state index is -0.502. The maximum Gasteiger partial charge on any atom is 0.312 e. The fourth-order valence-corrected chi connectivity index (χ4v) is 1.78. The molecule has 5 nitrogen and oxygen atoms in total. The van der Waals surface area contributed by atoms with E-state index >= 15 is 0 Å². The molecule has 0 heterocycles. The van der Waals surface area contributed by atoms with Gasteiger partial charge in [0.1, 0.15) is 5.75 Å². The lowest BCUT2D eigenvalue weighted by molar-refractivity contribution is 0.249. The van der Waals surface area contributed by atoms with Crippen molar-refractivity contribution in [2.24, 2.45) is 5.73 Å². The van der Waals surface area contributed by atoms with E-state index in [0.29, 0.717) is 13.1 Å². The van der Waals surface area contributed by atoms with Crippen LogP contribution in [0.3, 0.4) is 0 Å². The van der Waals surface area contributed by atoms with E-state index < -0.39 is 6.03 Å². The van der Waals surface area contributed by atoms with E-state index in [1.54, 1.807) is 7.11 Å². The predicted molar refractivity (Wildman–Crippen MR) is 71.7 cm³/mol. The number of urea groups is 1. The van der Waals surface area contributed by atoms with Gasteiger partial charge in [0.05, 0.1) is 7.11 Å². The van der Waals surface area contributed by atoms with Crippen molar-refractivity contribution in [2.75, 3.05) is 20.2 Å². The Morgan fingerprint density at radius 3 is 2.78 bits per heavy atom. The molecule has 0 fully saturated rings. The van der Waals surface area contributed by atoms with E-state index in [0.717, 1.165) is 11.3 Å². The van der Waals surface area contributed by atoms with Crippen molar-refractivity contribution >= 4 is 6.03 Å². The van der Waals surface area contributed by atoms with Gasteiger partial charge in [-0.25, -0.2) is 4.79 Å². The molecule has 0 aliphatic rings. The first-order valence-corrected chi connectivity index (χ1v) is 5.96. The van der Waals surface area contributed by atoms with Gasteiger partial charge in [-0.15, -0.1) is 0 Å². The van der Waals surface area contributed by atoms with Gasteiger partial charge in [0.25, 0.3) is 0 Å². The predicted octanol–water partition coefficient (Wildman–Crippen LogP) is 1.32. The number of aryl methyl sites for hydroxylation is 1. The topological polar surface area (TPSA) is 76.4 Å². The second-order valence-electron chi connectivity index (χ2n) is 4.21. The second kappa shape index (κ2) is 6.86. The molecule has 1 aromatic carbocycles. The zero-order valence-corrected chi connectivity index (χ0v) is 11.1. The molecule has 0 saturated carbocycles. The van der Waals surface area contributed by atoms with E-state index in [4.69, 9.17) is 10.5 Å². The van der Waals surface area contributed by atoms with Gasteiger partial charge in [-0.2, -0.15) is 0 Å². The normalized spacial score (nSPS) is 11.9. The van der Waals surface area contributed by atoms with Gasteiger partial charge in [0, 0.05) is 24.7 Å². The van der Waals surface area contributed by atoms with Gasteiger partial charge in [0.2, 0.25) is 0 Å². The zero-order chi connectivity index (χ0) is 13.5. The van der Waals surface area contributed by atoms with Crippen molar-refractivity contribution < 1.29 is 9.53 Å². The lowest BCUT2D eigenvalue weighted by atomic mass is 10.0. The molecule has 0 saturated heterocycles. The standard InChI is InChI=1S/C13H21N3O2/c1-9-4-5-12(18-3)11(8-9)10(2)15-6-7-16-13(14)17/h4-5,8,10,15H,6-7H2,1-3H3,(H3,14,16,17). The first-order valence-electron chi connectivity index (χ1n) is 5.96. The number of hydrogen-bond acceptors (Lipinski definition) is 3. The number of nitrogens with one attached hydrogen (secondary N) is 2. The van der Waals surface area contributed by atoms with Gasteiger partial charge < -0.3 is 21.1 Å². The third-order valence-electron chi connectivity index (χ3n) is 2.73. The van der Waals surface area contributed by atoms with Crippen LogP contribution in [-0.2, 0) is 0 Å². The van der Waals surface area contributed by atoms with Crippen LogP contribution >= 0.6 is 0 Å². The molecule has 0 aliphatic heterocycles. The summed E-state index contributed by atoms with van der Waals surface area (Å²) in [4.78, 5) is 10.5. The lowest BCUT2D eigenvalue weighted by Gasteiger charge is -2.18. The number of rotatable bonds is 6. The summed E-state index contributed by atoms with van der Waals surface area (Å²) < 4.78 is 5.34. The summed E-state index contributed by atoms with van der Waals surface area (Å²) in [7, 11) is 1.66. The number of carbonyl (C=O) groups is 1. The van der Waals surface area contributed by atoms with Crippen LogP contribution in [0.1, 0.15) is 24.1 Å². The maximum absolute atomic E-state index is 10.5. The van der Waals surface area contributed by atoms with Crippen LogP contribution < -0.4 is 21.1 Å². The van der Waals surface area contributed by atoms with Crippen LogP contribution in [0, 0.1) is 6.92 Å². The number of benzene rings is 1. The molecule has 4 N–H and O–H groups in total. The molecular weight excluding hydrogens is 230 g/mol. The van der Waals surface area contributed by atoms with Gasteiger partial charge in [-0.3, -0.25) is 0 Å². The molecule has 100 valence electrons. The van der Waals surface area contributed by atoms with Gasteiger partial charge in [0.15, 0.2) is 0 Å². The Morgan fingerprint density at radius 1 is 1.44 bits per heavy atom. The fourth-order valence-electron chi connectivity index (χ4n) is 1.78. The van der Waals surface area contributed by atoms with Gasteiger partial charge in [-0.05, 0) is 19.9 Å². The summed E-state index contributed by atoms with van der Waals surface area (Å²) in [5.74, 6) is 0.864. The molecule has 0 aliphatic carbocycles. The number of amides is 2. The molecule has 1 atom stereocenters. The SMILES string of the molecule is COc1ccc(C)cc1C(C)NCCNC(N)=O. The quantitative estimate of drug-likeness (QED) is 0.667. The number of hydrogen-bond donors (Lipinski definition) is 3. The Hall–Kier alpha value is -1.75. The van der Waals surface area contributed by atoms with Crippen LogP contribution in [0.5, 0.6) is 5.75 Å². The van der Waals surface area contributed by atoms with Crippen molar-refractivity contribution in [3.8, 4) is 5.75 Å². The monoisotopic (exact) mass is 251 g/mol. The molecule has 0 radical (unpaired) electrons. The molecule has 1 unspecified atom stereocenters. The summed E-state index contributed by atoms with van der Waals surface area (Å²) in [6, 6.07) is 5.72. The lowest BCUT2D eigenvalue weighted by Crippen LogP contribution is -2.36. The number of carbonyl (C=O) groups excluding carboxylic acids is 1. The summed E-state index contributed by atoms with van der Waals surface area (Å²) in [5, 5.41) is 5.84. The molecule has 1 aromatic rings. The highest BCUT2D eigenvalue weighted by atomic mass is 16.5. The van der Waals surface area contributed by atoms with Crippen LogP contribution in [0.2, 0.25) is 0 Å². The molecular formula is C13H21N3O2. The molecule has 0 bridgehead atoms. The average molecular weight is 251 g/mol. The number of methoxy groups -OCH3 is 1. The average Bonchev–Trinajstić information content (AvgIpc) is 2.34. The summed E-state index contributed by atoms with van der Waals surface area (Å²) >= 11 is 0. The van der Waals surface area contributed by atoms with E-state index in [1.165, 1.54) is 5.56 Å². The summed E-state index contributed by atoms with van der Waals surface area (Å²) in [5.41, 5.74) is 7.29. The maximum atomic E-state index is 10.5. The Kier molecular flexibility index (Phi) is 5.45. The smallest absolute Gasteiger partial charge is 0.312 e. The van der Waals surface area contributed by atoms with Crippen molar-refractivity contribution in [3.63, 3.8) is 0 Å². The second-order valence-corrected chi connectivity index (χ2v) is 4.21. The van der Waals surface area contributed by atoms with Crippen LogP contribution in [0.25, 0.3) is 0 Å². The highest BCUT2D eigenvalue weighted by Crippen LogP contribution is 2.25. The van der Waals surface area contributed by atoms with Gasteiger partial charge >= 0.3 is 6.03 Å². The highest BCUT2D eigenvalue weighted by Gasteiger charge is 2.10. The molecule has 0 aromatic heterocycles. The van der Waals surface area contributed by atoms with Crippen LogP contribution in [-0.4, -0.2) is 26.2 Å². The van der Waals surface area contributed by atoms with E-state index in [-0.39, 0.29) is 6.04 Å². The Balaban J connectivity index is 2.57.